The van der Waals surface area contributed by atoms with E-state index in [0.29, 0.717) is 15.6 Å². The normalized spacial score (nSPS) is 15.9. The molecule has 1 aliphatic heterocycles. The molecule has 0 saturated carbocycles. The summed E-state index contributed by atoms with van der Waals surface area (Å²) in [5.41, 5.74) is 1.12. The van der Waals surface area contributed by atoms with E-state index in [0.717, 1.165) is 16.2 Å². The highest BCUT2D eigenvalue weighted by molar-refractivity contribution is 6.35. The second-order valence-electron chi connectivity index (χ2n) is 8.37. The lowest BCUT2D eigenvalue weighted by Crippen LogP contribution is -2.46. The van der Waals surface area contributed by atoms with Gasteiger partial charge in [0.2, 0.25) is 0 Å². The summed E-state index contributed by atoms with van der Waals surface area (Å²) in [5, 5.41) is 2.05. The van der Waals surface area contributed by atoms with Crippen LogP contribution >= 0.6 is 23.2 Å². The Bertz CT molecular complexity index is 1060. The summed E-state index contributed by atoms with van der Waals surface area (Å²) >= 11 is 12.5. The smallest absolute Gasteiger partial charge is 0.434 e. The van der Waals surface area contributed by atoms with Crippen molar-refractivity contribution in [1.29, 1.82) is 0 Å². The van der Waals surface area contributed by atoms with E-state index >= 15 is 0 Å². The van der Waals surface area contributed by atoms with Crippen molar-refractivity contribution >= 4 is 40.8 Å². The molecule has 0 aromatic heterocycles. The number of benzene rings is 2. The van der Waals surface area contributed by atoms with Gasteiger partial charge in [-0.1, -0.05) is 55.2 Å². The molecule has 1 heterocycles. The maximum absolute atomic E-state index is 13.2. The van der Waals surface area contributed by atoms with Gasteiger partial charge in [-0.2, -0.15) is 0 Å². The van der Waals surface area contributed by atoms with Crippen LogP contribution in [0.4, 0.5) is 4.79 Å². The van der Waals surface area contributed by atoms with E-state index in [4.69, 9.17) is 37.5 Å². The third-order valence-corrected chi connectivity index (χ3v) is 5.35. The highest BCUT2D eigenvalue weighted by Gasteiger charge is 2.43. The van der Waals surface area contributed by atoms with E-state index in [1.807, 2.05) is 32.0 Å². The summed E-state index contributed by atoms with van der Waals surface area (Å²) in [6.45, 7) is 7.39. The van der Waals surface area contributed by atoms with Crippen LogP contribution in [-0.4, -0.2) is 36.4 Å². The van der Waals surface area contributed by atoms with Crippen LogP contribution in [0.25, 0.3) is 16.7 Å². The Labute approximate surface area is 197 Å². The molecule has 8 heteroatoms. The number of amides is 1. The number of carbonyl (C=O) groups is 2. The average molecular weight is 478 g/mol. The fourth-order valence-electron chi connectivity index (χ4n) is 3.28. The lowest BCUT2D eigenvalue weighted by atomic mass is 9.92. The Kier molecular flexibility index (Phi) is 7.18. The van der Waals surface area contributed by atoms with Crippen LogP contribution in [0.1, 0.15) is 33.3 Å². The largest absolute Gasteiger partial charge is 0.513 e. The van der Waals surface area contributed by atoms with Crippen molar-refractivity contribution in [1.82, 2.24) is 5.06 Å². The van der Waals surface area contributed by atoms with Gasteiger partial charge in [0.05, 0.1) is 12.2 Å². The maximum atomic E-state index is 13.2. The van der Waals surface area contributed by atoms with E-state index in [1.165, 1.54) is 7.05 Å². The summed E-state index contributed by atoms with van der Waals surface area (Å²) < 4.78 is 10.7. The molecule has 6 nitrogen and oxygen atoms in total. The number of hydrogen-bond acceptors (Lipinski definition) is 5. The molecule has 0 saturated heterocycles. The molecule has 170 valence electrons. The van der Waals surface area contributed by atoms with E-state index < -0.39 is 17.7 Å². The first-order valence-corrected chi connectivity index (χ1v) is 10.9. The van der Waals surface area contributed by atoms with Gasteiger partial charge in [-0.3, -0.25) is 9.63 Å². The first-order valence-electron chi connectivity index (χ1n) is 10.1. The molecule has 0 unspecified atom stereocenters. The third kappa shape index (κ3) is 5.26. The fraction of sp³-hybridized carbons (Fsp3) is 0.333. The molecular formula is C24H25Cl2NO5. The maximum Gasteiger partial charge on any atom is 0.513 e. The number of nitrogens with zero attached hydrogens (tertiary/aromatic N) is 1. The molecule has 0 spiro atoms. The van der Waals surface area contributed by atoms with Crippen LogP contribution in [0.15, 0.2) is 48.2 Å². The minimum absolute atomic E-state index is 0.0320. The molecule has 0 fully saturated rings. The highest BCUT2D eigenvalue weighted by Crippen LogP contribution is 2.40. The van der Waals surface area contributed by atoms with Gasteiger partial charge < -0.3 is 9.47 Å². The lowest BCUT2D eigenvalue weighted by molar-refractivity contribution is -0.219. The summed E-state index contributed by atoms with van der Waals surface area (Å²) in [6, 6.07) is 12.6. The molecule has 0 radical (unpaired) electrons. The van der Waals surface area contributed by atoms with Gasteiger partial charge in [0.25, 0.3) is 5.91 Å². The Morgan fingerprint density at radius 2 is 1.72 bits per heavy atom. The first kappa shape index (κ1) is 24.1. The molecule has 0 N–H and O–H groups in total. The van der Waals surface area contributed by atoms with Crippen molar-refractivity contribution in [2.75, 3.05) is 13.7 Å². The van der Waals surface area contributed by atoms with Crippen molar-refractivity contribution in [3.05, 3.63) is 63.8 Å². The van der Waals surface area contributed by atoms with Crippen LogP contribution in [0.5, 0.6) is 0 Å². The van der Waals surface area contributed by atoms with Crippen molar-refractivity contribution < 1.29 is 23.9 Å². The van der Waals surface area contributed by atoms with Gasteiger partial charge in [-0.25, -0.2) is 9.86 Å². The minimum Gasteiger partial charge on any atom is -0.434 e. The van der Waals surface area contributed by atoms with Gasteiger partial charge in [0.1, 0.15) is 5.60 Å². The van der Waals surface area contributed by atoms with Crippen LogP contribution in [0.2, 0.25) is 10.0 Å². The standard InChI is InChI=1S/C24H25Cl2NO5/c1-14(2)13-30-23(29)31-21-20(22(28)27(5)32-24(21,3)4)18-12-16(8-11-19(18)26)15-6-9-17(25)10-7-15/h6-12,14H,13H2,1-5H3. The van der Waals surface area contributed by atoms with Crippen LogP contribution in [0.3, 0.4) is 0 Å². The summed E-state index contributed by atoms with van der Waals surface area (Å²) in [6.07, 6.45) is -0.912. The Hall–Kier alpha value is -2.54. The fourth-order valence-corrected chi connectivity index (χ4v) is 3.62. The number of rotatable bonds is 5. The molecule has 0 aliphatic carbocycles. The average Bonchev–Trinajstić information content (AvgIpc) is 2.72. The van der Waals surface area contributed by atoms with Gasteiger partial charge in [-0.05, 0) is 55.2 Å². The number of carbonyl (C=O) groups excluding carboxylic acids is 2. The third-order valence-electron chi connectivity index (χ3n) is 4.77. The zero-order valence-electron chi connectivity index (χ0n) is 18.6. The second-order valence-corrected chi connectivity index (χ2v) is 9.21. The van der Waals surface area contributed by atoms with Gasteiger partial charge in [0.15, 0.2) is 5.76 Å². The van der Waals surface area contributed by atoms with E-state index in [-0.39, 0.29) is 23.9 Å². The Morgan fingerprint density at radius 3 is 2.34 bits per heavy atom. The molecule has 2 aromatic rings. The number of ether oxygens (including phenoxy) is 2. The quantitative estimate of drug-likeness (QED) is 0.468. The van der Waals surface area contributed by atoms with Crippen molar-refractivity contribution in [2.24, 2.45) is 5.92 Å². The predicted octanol–water partition coefficient (Wildman–Crippen LogP) is 6.36. The molecule has 32 heavy (non-hydrogen) atoms. The van der Waals surface area contributed by atoms with Crippen LogP contribution < -0.4 is 0 Å². The van der Waals surface area contributed by atoms with E-state index in [9.17, 15) is 9.59 Å². The predicted molar refractivity (Wildman–Crippen MR) is 124 cm³/mol. The second kappa shape index (κ2) is 9.53. The zero-order valence-corrected chi connectivity index (χ0v) is 20.1. The number of hydroxylamine groups is 2. The Balaban J connectivity index is 2.13. The van der Waals surface area contributed by atoms with Gasteiger partial charge >= 0.3 is 6.16 Å². The first-order chi connectivity index (χ1) is 15.0. The lowest BCUT2D eigenvalue weighted by Gasteiger charge is -2.37. The molecule has 0 bridgehead atoms. The molecule has 0 atom stereocenters. The molecular weight excluding hydrogens is 453 g/mol. The molecule has 1 aliphatic rings. The number of likely N-dealkylation sites (N-methyl/N-ethyl adjacent to an activating group) is 1. The van der Waals surface area contributed by atoms with Crippen molar-refractivity contribution in [2.45, 2.75) is 33.3 Å². The van der Waals surface area contributed by atoms with Crippen LogP contribution in [-0.2, 0) is 19.1 Å². The summed E-state index contributed by atoms with van der Waals surface area (Å²) in [4.78, 5) is 31.2. The van der Waals surface area contributed by atoms with E-state index in [1.54, 1.807) is 38.1 Å². The monoisotopic (exact) mass is 477 g/mol. The minimum atomic E-state index is -1.13. The highest BCUT2D eigenvalue weighted by atomic mass is 35.5. The zero-order chi connectivity index (χ0) is 23.6. The van der Waals surface area contributed by atoms with Crippen molar-refractivity contribution in [3.8, 4) is 11.1 Å². The van der Waals surface area contributed by atoms with Crippen LogP contribution in [0, 0.1) is 5.92 Å². The van der Waals surface area contributed by atoms with Gasteiger partial charge in [-0.15, -0.1) is 0 Å². The number of halogens is 2. The molecule has 3 rings (SSSR count). The summed E-state index contributed by atoms with van der Waals surface area (Å²) in [7, 11) is 1.49. The van der Waals surface area contributed by atoms with Gasteiger partial charge in [0, 0.05) is 22.7 Å². The Morgan fingerprint density at radius 1 is 1.09 bits per heavy atom. The molecule has 1 amide bonds. The summed E-state index contributed by atoms with van der Waals surface area (Å²) in [5.74, 6) is -0.333. The number of hydrogen-bond donors (Lipinski definition) is 0. The topological polar surface area (TPSA) is 65.1 Å². The van der Waals surface area contributed by atoms with Crippen molar-refractivity contribution in [3.63, 3.8) is 0 Å². The molecule has 2 aromatic carbocycles. The van der Waals surface area contributed by atoms with E-state index in [2.05, 4.69) is 0 Å². The SMILES string of the molecule is CC(C)COC(=O)OC1=C(c2cc(-c3ccc(Cl)cc3)ccc2Cl)C(=O)N(C)OC1(C)C.